The lowest BCUT2D eigenvalue weighted by Gasteiger charge is -2.38. The van der Waals surface area contributed by atoms with Gasteiger partial charge < -0.3 is 9.80 Å². The van der Waals surface area contributed by atoms with Gasteiger partial charge in [0.15, 0.2) is 0 Å². The zero-order valence-corrected chi connectivity index (χ0v) is 17.6. The number of likely N-dealkylation sites (tertiary alicyclic amines) is 1. The second-order valence-electron chi connectivity index (χ2n) is 8.11. The molecule has 6 heteroatoms. The van der Waals surface area contributed by atoms with Crippen molar-refractivity contribution in [1.29, 1.82) is 0 Å². The van der Waals surface area contributed by atoms with Crippen molar-refractivity contribution in [2.45, 2.75) is 32.2 Å². The Morgan fingerprint density at radius 3 is 2.31 bits per heavy atom. The third-order valence-electron chi connectivity index (χ3n) is 5.99. The molecule has 2 aliphatic rings. The summed E-state index contributed by atoms with van der Waals surface area (Å²) in [7, 11) is 0. The molecular weight excluding hydrogens is 364 g/mol. The molecule has 2 aliphatic heterocycles. The number of hydrogen-bond donors (Lipinski definition) is 0. The molecule has 0 radical (unpaired) electrons. The van der Waals surface area contributed by atoms with Crippen LogP contribution < -0.4 is 4.90 Å². The molecule has 1 aromatic rings. The highest BCUT2D eigenvalue weighted by Crippen LogP contribution is 2.17. The smallest absolute Gasteiger partial charge is 0.241 e. The maximum Gasteiger partial charge on any atom is 0.241 e. The molecule has 29 heavy (non-hydrogen) atoms. The molecule has 1 atom stereocenters. The number of carbonyl (C=O) groups excluding carboxylic acids is 2. The van der Waals surface area contributed by atoms with Crippen LogP contribution in [0.15, 0.2) is 43.0 Å². The zero-order valence-electron chi connectivity index (χ0n) is 17.6. The molecule has 1 aromatic carbocycles. The number of hydrogen-bond acceptors (Lipinski definition) is 4. The number of piperazine rings is 1. The van der Waals surface area contributed by atoms with Crippen LogP contribution in [0.4, 0.5) is 5.69 Å². The van der Waals surface area contributed by atoms with Gasteiger partial charge in [0.2, 0.25) is 11.8 Å². The van der Waals surface area contributed by atoms with E-state index < -0.39 is 0 Å². The predicted molar refractivity (Wildman–Crippen MR) is 117 cm³/mol. The van der Waals surface area contributed by atoms with Crippen LogP contribution in [0.2, 0.25) is 0 Å². The van der Waals surface area contributed by atoms with Gasteiger partial charge in [0.25, 0.3) is 0 Å². The van der Waals surface area contributed by atoms with E-state index in [1.54, 1.807) is 11.0 Å². The molecule has 0 spiro atoms. The van der Waals surface area contributed by atoms with Gasteiger partial charge in [-0.3, -0.25) is 19.4 Å². The molecule has 0 bridgehead atoms. The van der Waals surface area contributed by atoms with Crippen molar-refractivity contribution in [3.05, 3.63) is 43.0 Å². The van der Waals surface area contributed by atoms with Crippen LogP contribution in [-0.4, -0.2) is 84.9 Å². The van der Waals surface area contributed by atoms with E-state index in [1.165, 1.54) is 6.42 Å². The van der Waals surface area contributed by atoms with Crippen LogP contribution in [0.1, 0.15) is 26.2 Å². The van der Waals surface area contributed by atoms with Crippen LogP contribution in [0, 0.1) is 0 Å². The summed E-state index contributed by atoms with van der Waals surface area (Å²) in [6, 6.07) is 10.1. The van der Waals surface area contributed by atoms with Crippen LogP contribution in [0.25, 0.3) is 0 Å². The molecule has 2 saturated heterocycles. The Hall–Kier alpha value is -2.18. The molecule has 0 aromatic heterocycles. The van der Waals surface area contributed by atoms with Crippen molar-refractivity contribution in [2.75, 3.05) is 57.3 Å². The van der Waals surface area contributed by atoms with Gasteiger partial charge in [0, 0.05) is 51.0 Å². The van der Waals surface area contributed by atoms with E-state index in [4.69, 9.17) is 0 Å². The van der Waals surface area contributed by atoms with Crippen molar-refractivity contribution in [1.82, 2.24) is 14.7 Å². The number of carbonyl (C=O) groups is 2. The minimum Gasteiger partial charge on any atom is -0.339 e. The third-order valence-corrected chi connectivity index (χ3v) is 5.99. The number of amides is 2. The summed E-state index contributed by atoms with van der Waals surface area (Å²) in [4.78, 5) is 33.8. The van der Waals surface area contributed by atoms with E-state index in [9.17, 15) is 9.59 Å². The number of para-hydroxylation sites is 1. The Labute approximate surface area is 174 Å². The standard InChI is InChI=1S/C23H34N4O2/c1-3-12-27(21-10-5-4-6-11-21)23(29)19-25-16-14-24(15-17-25)18-22(28)26-13-8-7-9-20(26)2/h3-6,10-11,20H,1,7-9,12-19H2,2H3. The fourth-order valence-electron chi connectivity index (χ4n) is 4.22. The quantitative estimate of drug-likeness (QED) is 0.661. The number of benzene rings is 1. The lowest BCUT2D eigenvalue weighted by Crippen LogP contribution is -2.53. The largest absolute Gasteiger partial charge is 0.339 e. The molecular formula is C23H34N4O2. The van der Waals surface area contributed by atoms with Gasteiger partial charge in [0.1, 0.15) is 0 Å². The van der Waals surface area contributed by atoms with E-state index in [1.807, 2.05) is 35.2 Å². The Morgan fingerprint density at radius 1 is 1.03 bits per heavy atom. The topological polar surface area (TPSA) is 47.1 Å². The number of nitrogens with zero attached hydrogens (tertiary/aromatic N) is 4. The molecule has 158 valence electrons. The van der Waals surface area contributed by atoms with E-state index in [2.05, 4.69) is 23.3 Å². The molecule has 0 aliphatic carbocycles. The Kier molecular flexibility index (Phi) is 7.83. The van der Waals surface area contributed by atoms with E-state index in [0.717, 1.165) is 51.3 Å². The molecule has 3 rings (SSSR count). The van der Waals surface area contributed by atoms with Gasteiger partial charge in [-0.2, -0.15) is 0 Å². The van der Waals surface area contributed by atoms with Gasteiger partial charge in [-0.05, 0) is 38.3 Å². The highest BCUT2D eigenvalue weighted by Gasteiger charge is 2.27. The molecule has 2 heterocycles. The summed E-state index contributed by atoms with van der Waals surface area (Å²) in [5.41, 5.74) is 0.900. The fraction of sp³-hybridized carbons (Fsp3) is 0.565. The molecule has 0 N–H and O–H groups in total. The average molecular weight is 399 g/mol. The van der Waals surface area contributed by atoms with Crippen molar-refractivity contribution in [3.8, 4) is 0 Å². The second kappa shape index (κ2) is 10.6. The van der Waals surface area contributed by atoms with Crippen LogP contribution in [0.5, 0.6) is 0 Å². The lowest BCUT2D eigenvalue weighted by atomic mass is 10.0. The van der Waals surface area contributed by atoms with Crippen LogP contribution >= 0.6 is 0 Å². The van der Waals surface area contributed by atoms with Crippen molar-refractivity contribution >= 4 is 17.5 Å². The predicted octanol–water partition coefficient (Wildman–Crippen LogP) is 2.22. The molecule has 1 unspecified atom stereocenters. The number of piperidine rings is 1. The second-order valence-corrected chi connectivity index (χ2v) is 8.11. The van der Waals surface area contributed by atoms with Gasteiger partial charge in [-0.25, -0.2) is 0 Å². The van der Waals surface area contributed by atoms with Crippen molar-refractivity contribution in [2.24, 2.45) is 0 Å². The fourth-order valence-corrected chi connectivity index (χ4v) is 4.22. The summed E-state index contributed by atoms with van der Waals surface area (Å²) in [6.07, 6.45) is 5.22. The maximum absolute atomic E-state index is 12.9. The Bertz CT molecular complexity index is 685. The van der Waals surface area contributed by atoms with Gasteiger partial charge in [0.05, 0.1) is 13.1 Å². The first-order valence-corrected chi connectivity index (χ1v) is 10.8. The van der Waals surface area contributed by atoms with Crippen LogP contribution in [-0.2, 0) is 9.59 Å². The minimum atomic E-state index is 0.0859. The summed E-state index contributed by atoms with van der Waals surface area (Å²) in [6.45, 7) is 11.5. The summed E-state index contributed by atoms with van der Waals surface area (Å²) in [5, 5.41) is 0. The SMILES string of the molecule is C=CCN(C(=O)CN1CCN(CC(=O)N2CCCCC2C)CC1)c1ccccc1. The van der Waals surface area contributed by atoms with Gasteiger partial charge in [-0.1, -0.05) is 24.3 Å². The maximum atomic E-state index is 12.9. The number of anilines is 1. The van der Waals surface area contributed by atoms with E-state index >= 15 is 0 Å². The Balaban J connectivity index is 1.47. The molecule has 2 fully saturated rings. The Morgan fingerprint density at radius 2 is 1.69 bits per heavy atom. The monoisotopic (exact) mass is 398 g/mol. The first-order chi connectivity index (χ1) is 14.1. The van der Waals surface area contributed by atoms with E-state index in [-0.39, 0.29) is 11.8 Å². The normalized spacial score (nSPS) is 21.0. The summed E-state index contributed by atoms with van der Waals surface area (Å²) >= 11 is 0. The third kappa shape index (κ3) is 5.90. The molecule has 6 nitrogen and oxygen atoms in total. The van der Waals surface area contributed by atoms with Crippen molar-refractivity contribution in [3.63, 3.8) is 0 Å². The van der Waals surface area contributed by atoms with Crippen molar-refractivity contribution < 1.29 is 9.59 Å². The summed E-state index contributed by atoms with van der Waals surface area (Å²) in [5.74, 6) is 0.339. The molecule has 2 amide bonds. The van der Waals surface area contributed by atoms with E-state index in [0.29, 0.717) is 25.7 Å². The highest BCUT2D eigenvalue weighted by atomic mass is 16.2. The number of rotatable bonds is 7. The average Bonchev–Trinajstić information content (AvgIpc) is 2.74. The molecule has 0 saturated carbocycles. The zero-order chi connectivity index (χ0) is 20.6. The lowest BCUT2D eigenvalue weighted by molar-refractivity contribution is -0.136. The van der Waals surface area contributed by atoms with Gasteiger partial charge in [-0.15, -0.1) is 6.58 Å². The highest BCUT2D eigenvalue weighted by molar-refractivity contribution is 5.95. The van der Waals surface area contributed by atoms with Crippen LogP contribution in [0.3, 0.4) is 0 Å². The van der Waals surface area contributed by atoms with Gasteiger partial charge >= 0.3 is 0 Å². The first kappa shape index (κ1) is 21.5. The summed E-state index contributed by atoms with van der Waals surface area (Å²) < 4.78 is 0. The first-order valence-electron chi connectivity index (χ1n) is 10.8. The minimum absolute atomic E-state index is 0.0859.